The van der Waals surface area contributed by atoms with Crippen LogP contribution in [-0.4, -0.2) is 62.7 Å². The quantitative estimate of drug-likeness (QED) is 0.138. The highest BCUT2D eigenvalue weighted by atomic mass is 16.5. The number of fused-ring (bicyclic) bond motifs is 2. The number of aliphatic imine (C=N–C) groups is 1. The number of aliphatic hydroxyl groups excluding tert-OH is 2. The van der Waals surface area contributed by atoms with Gasteiger partial charge in [0.1, 0.15) is 35.4 Å². The number of ether oxygens (including phenoxy) is 1. The predicted molar refractivity (Wildman–Crippen MR) is 154 cm³/mol. The second-order valence-electron chi connectivity index (χ2n) is 10.1. The fourth-order valence-electron chi connectivity index (χ4n) is 5.18. The molecule has 6 rings (SSSR count). The standard InChI is InChI=1S/C29H28N8O5/c1-17-12-20(3-5-24(17)42-21-7-10-36-25(14-21)31-15-33-36)35-28-26-22(8-11-37(26)34-16-32-28)18-6-9-30-19(13-18)2-4-23(38)27(39)29(40)41/h3,5,7-12,14-16,18-19,38-39H,2,4,6,13H2,1H3,(H,40,41)(H,32,34,35)/b27-23-. The second kappa shape index (κ2) is 11.2. The van der Waals surface area contributed by atoms with Crippen molar-refractivity contribution in [1.82, 2.24) is 29.2 Å². The summed E-state index contributed by atoms with van der Waals surface area (Å²) in [6.45, 7) is 1.97. The Kier molecular flexibility index (Phi) is 7.13. The molecule has 0 amide bonds. The van der Waals surface area contributed by atoms with Crippen molar-refractivity contribution < 1.29 is 24.9 Å². The molecule has 0 radical (unpaired) electrons. The maximum atomic E-state index is 10.9. The number of nitrogens with zero attached hydrogens (tertiary/aromatic N) is 7. The van der Waals surface area contributed by atoms with Gasteiger partial charge in [-0.15, -0.1) is 0 Å². The molecular formula is C29H28N8O5. The molecule has 2 atom stereocenters. The Morgan fingerprint density at radius 3 is 2.69 bits per heavy atom. The van der Waals surface area contributed by atoms with E-state index in [1.807, 2.05) is 55.7 Å². The first kappa shape index (κ1) is 26.7. The van der Waals surface area contributed by atoms with E-state index in [1.165, 1.54) is 12.7 Å². The van der Waals surface area contributed by atoms with E-state index in [9.17, 15) is 15.0 Å². The van der Waals surface area contributed by atoms with Crippen molar-refractivity contribution >= 4 is 34.9 Å². The number of aromatic nitrogens is 6. The van der Waals surface area contributed by atoms with Gasteiger partial charge in [-0.3, -0.25) is 4.99 Å². The number of hydrogen-bond donors (Lipinski definition) is 4. The zero-order chi connectivity index (χ0) is 29.2. The molecule has 1 aromatic carbocycles. The monoisotopic (exact) mass is 568 g/mol. The number of rotatable bonds is 9. The van der Waals surface area contributed by atoms with Crippen LogP contribution in [0.25, 0.3) is 11.2 Å². The van der Waals surface area contributed by atoms with E-state index in [4.69, 9.17) is 9.84 Å². The van der Waals surface area contributed by atoms with Crippen LogP contribution in [0.5, 0.6) is 11.5 Å². The summed E-state index contributed by atoms with van der Waals surface area (Å²) in [7, 11) is 0. The number of carboxylic acids is 1. The van der Waals surface area contributed by atoms with E-state index in [-0.39, 0.29) is 18.4 Å². The molecule has 42 heavy (non-hydrogen) atoms. The molecule has 214 valence electrons. The Bertz CT molecular complexity index is 1840. The molecule has 4 N–H and O–H groups in total. The van der Waals surface area contributed by atoms with Gasteiger partial charge in [0.25, 0.3) is 0 Å². The number of allylic oxidation sites excluding steroid dienone is 1. The fraction of sp³-hybridized carbons (Fsp3) is 0.241. The number of carbonyl (C=O) groups is 1. The van der Waals surface area contributed by atoms with Crippen LogP contribution in [0.2, 0.25) is 0 Å². The average Bonchev–Trinajstić information content (AvgIpc) is 3.64. The van der Waals surface area contributed by atoms with E-state index < -0.39 is 17.5 Å². The van der Waals surface area contributed by atoms with Crippen molar-refractivity contribution in [3.05, 3.63) is 84.1 Å². The van der Waals surface area contributed by atoms with Crippen LogP contribution in [0.3, 0.4) is 0 Å². The number of pyridine rings is 1. The summed E-state index contributed by atoms with van der Waals surface area (Å²) in [6.07, 6.45) is 10.4. The van der Waals surface area contributed by atoms with Crippen LogP contribution < -0.4 is 10.1 Å². The van der Waals surface area contributed by atoms with Gasteiger partial charge < -0.3 is 25.4 Å². The van der Waals surface area contributed by atoms with Gasteiger partial charge in [0, 0.05) is 30.6 Å². The fourth-order valence-corrected chi connectivity index (χ4v) is 5.18. The Hall–Kier alpha value is -5.46. The molecular weight excluding hydrogens is 540 g/mol. The molecule has 5 heterocycles. The summed E-state index contributed by atoms with van der Waals surface area (Å²) in [5.74, 6) is -0.984. The van der Waals surface area contributed by atoms with Gasteiger partial charge in [-0.1, -0.05) is 0 Å². The lowest BCUT2D eigenvalue weighted by molar-refractivity contribution is -0.135. The van der Waals surface area contributed by atoms with Crippen molar-refractivity contribution in [2.75, 3.05) is 5.32 Å². The summed E-state index contributed by atoms with van der Waals surface area (Å²) in [5, 5.41) is 40.2. The van der Waals surface area contributed by atoms with Gasteiger partial charge in [0.05, 0.1) is 6.04 Å². The number of anilines is 2. The smallest absolute Gasteiger partial charge is 0.374 e. The number of aliphatic carboxylic acids is 1. The lowest BCUT2D eigenvalue weighted by Gasteiger charge is -2.24. The van der Waals surface area contributed by atoms with E-state index in [1.54, 1.807) is 15.2 Å². The molecule has 1 aliphatic rings. The van der Waals surface area contributed by atoms with Crippen molar-refractivity contribution in [2.45, 2.75) is 44.6 Å². The number of hydrogen-bond acceptors (Lipinski definition) is 10. The Labute approximate surface area is 239 Å². The third-order valence-corrected chi connectivity index (χ3v) is 7.30. The SMILES string of the molecule is Cc1cc(Nc2ncnn3ccc(C4CC=NC(CC/C(O)=C(/O)C(=O)O)C4)c23)ccc1Oc1ccn2ncnc2c1. The topological polar surface area (TPSA) is 172 Å². The maximum absolute atomic E-state index is 10.9. The summed E-state index contributed by atoms with van der Waals surface area (Å²) in [5.41, 5.74) is 4.37. The van der Waals surface area contributed by atoms with Gasteiger partial charge in [0.15, 0.2) is 11.5 Å². The minimum atomic E-state index is -1.56. The normalized spacial score (nSPS) is 17.4. The zero-order valence-corrected chi connectivity index (χ0v) is 22.6. The van der Waals surface area contributed by atoms with E-state index in [0.29, 0.717) is 35.8 Å². The average molecular weight is 569 g/mol. The van der Waals surface area contributed by atoms with Crippen molar-refractivity contribution in [2.24, 2.45) is 4.99 Å². The van der Waals surface area contributed by atoms with E-state index in [2.05, 4.69) is 30.5 Å². The molecule has 13 nitrogen and oxygen atoms in total. The number of nitrogens with one attached hydrogen (secondary N) is 1. The van der Waals surface area contributed by atoms with E-state index >= 15 is 0 Å². The van der Waals surface area contributed by atoms with E-state index in [0.717, 1.165) is 28.8 Å². The molecule has 0 spiro atoms. The van der Waals surface area contributed by atoms with Crippen molar-refractivity contribution in [1.29, 1.82) is 0 Å². The Morgan fingerprint density at radius 2 is 1.86 bits per heavy atom. The third-order valence-electron chi connectivity index (χ3n) is 7.30. The second-order valence-corrected chi connectivity index (χ2v) is 10.1. The molecule has 13 heteroatoms. The number of carboxylic acid groups (broad SMARTS) is 1. The molecule has 4 aromatic heterocycles. The molecule has 2 unspecified atom stereocenters. The summed E-state index contributed by atoms with van der Waals surface area (Å²) in [6, 6.07) is 11.4. The summed E-state index contributed by atoms with van der Waals surface area (Å²) >= 11 is 0. The Balaban J connectivity index is 1.19. The van der Waals surface area contributed by atoms with Crippen LogP contribution in [0.1, 0.15) is 42.7 Å². The minimum Gasteiger partial charge on any atom is -0.508 e. The first-order valence-corrected chi connectivity index (χ1v) is 13.4. The molecule has 0 bridgehead atoms. The van der Waals surface area contributed by atoms with Gasteiger partial charge in [-0.2, -0.15) is 10.2 Å². The first-order chi connectivity index (χ1) is 20.4. The largest absolute Gasteiger partial charge is 0.508 e. The minimum absolute atomic E-state index is 0.0214. The molecule has 0 saturated heterocycles. The highest BCUT2D eigenvalue weighted by Crippen LogP contribution is 2.36. The lowest BCUT2D eigenvalue weighted by Crippen LogP contribution is -2.17. The van der Waals surface area contributed by atoms with Crippen LogP contribution in [0.4, 0.5) is 11.5 Å². The number of aliphatic hydroxyl groups is 2. The Morgan fingerprint density at radius 1 is 1.05 bits per heavy atom. The highest BCUT2D eigenvalue weighted by molar-refractivity contribution is 5.84. The van der Waals surface area contributed by atoms with Crippen LogP contribution in [0.15, 0.2) is 78.0 Å². The number of aryl methyl sites for hydroxylation is 1. The first-order valence-electron chi connectivity index (χ1n) is 13.4. The van der Waals surface area contributed by atoms with Gasteiger partial charge >= 0.3 is 5.97 Å². The van der Waals surface area contributed by atoms with Crippen molar-refractivity contribution in [3.8, 4) is 11.5 Å². The predicted octanol–water partition coefficient (Wildman–Crippen LogP) is 5.13. The van der Waals surface area contributed by atoms with Gasteiger partial charge in [-0.25, -0.2) is 23.8 Å². The van der Waals surface area contributed by atoms with Gasteiger partial charge in [0.2, 0.25) is 5.76 Å². The third kappa shape index (κ3) is 5.44. The van der Waals surface area contributed by atoms with Crippen LogP contribution in [0, 0.1) is 6.92 Å². The summed E-state index contributed by atoms with van der Waals surface area (Å²) in [4.78, 5) is 24.2. The van der Waals surface area contributed by atoms with Crippen LogP contribution >= 0.6 is 0 Å². The maximum Gasteiger partial charge on any atom is 0.374 e. The van der Waals surface area contributed by atoms with Crippen LogP contribution in [-0.2, 0) is 4.79 Å². The molecule has 0 aliphatic carbocycles. The lowest BCUT2D eigenvalue weighted by atomic mass is 9.87. The van der Waals surface area contributed by atoms with Crippen molar-refractivity contribution in [3.63, 3.8) is 0 Å². The van der Waals surface area contributed by atoms with Gasteiger partial charge in [-0.05, 0) is 79.8 Å². The number of benzene rings is 1. The molecule has 0 fully saturated rings. The zero-order valence-electron chi connectivity index (χ0n) is 22.6. The summed E-state index contributed by atoms with van der Waals surface area (Å²) < 4.78 is 9.56. The molecule has 1 aliphatic heterocycles. The highest BCUT2D eigenvalue weighted by Gasteiger charge is 2.25. The molecule has 5 aromatic rings. The molecule has 0 saturated carbocycles.